The molecule has 1 aliphatic rings. The van der Waals surface area contributed by atoms with Crippen molar-refractivity contribution < 1.29 is 47.1 Å². The van der Waals surface area contributed by atoms with Crippen LogP contribution in [0.3, 0.4) is 0 Å². The molecule has 19 nitrogen and oxygen atoms in total. The molecule has 2 aromatic carbocycles. The SMILES string of the molecule is Cc1c(C)c(S(=O)(=O)NC(N)=NCCC[C@H](NC(=O)[C@@H](NC(=O)[C@@H](Cc2ccccc2)NC(=O)[C@@H](N)CC(=O)OC(C)(C)C)C(C)C)C(=O)NC/C=N/O)c(C)c2c1OC(C)(C)C2. The number of nitrogens with two attached hydrogens (primary N) is 2. The first-order valence-electron chi connectivity index (χ1n) is 20.8. The Morgan fingerprint density at radius 3 is 2.17 bits per heavy atom. The lowest BCUT2D eigenvalue weighted by Crippen LogP contribution is -2.59. The molecular formula is C43H65N9O10S. The highest BCUT2D eigenvalue weighted by Gasteiger charge is 2.37. The number of benzene rings is 2. The van der Waals surface area contributed by atoms with Crippen LogP contribution in [0.5, 0.6) is 5.75 Å². The maximum absolute atomic E-state index is 13.9. The van der Waals surface area contributed by atoms with E-state index < -0.39 is 87.3 Å². The summed E-state index contributed by atoms with van der Waals surface area (Å²) >= 11 is 0. The molecule has 3 rings (SSSR count). The molecule has 20 heteroatoms. The molecule has 0 unspecified atom stereocenters. The summed E-state index contributed by atoms with van der Waals surface area (Å²) in [6.45, 7) is 17.3. The van der Waals surface area contributed by atoms with E-state index >= 15 is 0 Å². The summed E-state index contributed by atoms with van der Waals surface area (Å²) in [5.41, 5.74) is 14.1. The van der Waals surface area contributed by atoms with Crippen molar-refractivity contribution in [3.8, 4) is 5.75 Å². The predicted octanol–water partition coefficient (Wildman–Crippen LogP) is 1.69. The Morgan fingerprint density at radius 1 is 0.937 bits per heavy atom. The Balaban J connectivity index is 1.75. The van der Waals surface area contributed by atoms with Crippen molar-refractivity contribution in [1.82, 2.24) is 26.0 Å². The van der Waals surface area contributed by atoms with Crippen molar-refractivity contribution in [3.05, 3.63) is 58.1 Å². The fourth-order valence-electron chi connectivity index (χ4n) is 6.99. The van der Waals surface area contributed by atoms with Gasteiger partial charge in [-0.2, -0.15) is 0 Å². The van der Waals surface area contributed by atoms with E-state index in [0.29, 0.717) is 34.4 Å². The third kappa shape index (κ3) is 15.2. The molecule has 0 saturated heterocycles. The van der Waals surface area contributed by atoms with Crippen LogP contribution < -0.4 is 42.2 Å². The van der Waals surface area contributed by atoms with Crippen molar-refractivity contribution in [2.45, 2.75) is 142 Å². The van der Waals surface area contributed by atoms with E-state index in [4.69, 9.17) is 26.1 Å². The lowest BCUT2D eigenvalue weighted by atomic mass is 9.94. The van der Waals surface area contributed by atoms with E-state index in [0.717, 1.165) is 11.8 Å². The van der Waals surface area contributed by atoms with Crippen LogP contribution in [0.15, 0.2) is 45.4 Å². The number of fused-ring (bicyclic) bond motifs is 1. The first kappa shape index (κ1) is 51.6. The highest BCUT2D eigenvalue weighted by molar-refractivity contribution is 7.90. The van der Waals surface area contributed by atoms with Crippen molar-refractivity contribution in [2.24, 2.45) is 27.5 Å². The molecule has 1 aliphatic heterocycles. The van der Waals surface area contributed by atoms with Crippen molar-refractivity contribution in [3.63, 3.8) is 0 Å². The lowest BCUT2D eigenvalue weighted by molar-refractivity contribution is -0.156. The van der Waals surface area contributed by atoms with Gasteiger partial charge < -0.3 is 47.4 Å². The lowest BCUT2D eigenvalue weighted by Gasteiger charge is -2.28. The molecule has 4 atom stereocenters. The van der Waals surface area contributed by atoms with E-state index in [-0.39, 0.29) is 43.2 Å². The molecular weight excluding hydrogens is 835 g/mol. The Hall–Kier alpha value is -5.76. The standard InChI is InChI=1S/C43H65N9O10S/c1-24(2)34(51-39(56)32(21-28-15-12-11-13-16-28)50-37(54)30(44)22-33(53)61-42(6,7)8)40(57)49-31(38(55)46-19-20-48-58)17-14-18-47-41(45)52-63(59,60)36-26(4)25(3)35-29(27(36)5)23-43(9,10)62-35/h11-13,15-16,20,24,30-32,34,58H,14,17-19,21-23,44H2,1-10H3,(H,46,55)(H,49,57)(H,50,54)(H,51,56)(H3,45,47,52)/b48-20+/t30-,31-,32+,34-/m0/s1. The Bertz CT molecular complexity index is 2150. The molecule has 2 aromatic rings. The Morgan fingerprint density at radius 2 is 1.57 bits per heavy atom. The number of amides is 4. The van der Waals surface area contributed by atoms with Gasteiger partial charge in [0.25, 0.3) is 10.0 Å². The second kappa shape index (κ2) is 22.0. The molecule has 63 heavy (non-hydrogen) atoms. The molecule has 1 heterocycles. The minimum absolute atomic E-state index is 0.00359. The highest BCUT2D eigenvalue weighted by atomic mass is 32.2. The highest BCUT2D eigenvalue weighted by Crippen LogP contribution is 2.43. The van der Waals surface area contributed by atoms with Gasteiger partial charge in [-0.3, -0.25) is 29.0 Å². The number of rotatable bonds is 20. The number of aliphatic imine (C=N–C) groups is 1. The number of nitrogens with zero attached hydrogens (tertiary/aromatic N) is 2. The predicted molar refractivity (Wildman–Crippen MR) is 238 cm³/mol. The average molecular weight is 900 g/mol. The van der Waals surface area contributed by atoms with Crippen molar-refractivity contribution in [1.29, 1.82) is 0 Å². The molecule has 0 fully saturated rings. The number of ether oxygens (including phenoxy) is 2. The van der Waals surface area contributed by atoms with Gasteiger partial charge in [0.05, 0.1) is 30.1 Å². The van der Waals surface area contributed by atoms with Crippen LogP contribution in [0.2, 0.25) is 0 Å². The van der Waals surface area contributed by atoms with E-state index in [1.165, 1.54) is 0 Å². The third-order valence-electron chi connectivity index (χ3n) is 10.1. The molecule has 10 N–H and O–H groups in total. The molecule has 348 valence electrons. The minimum Gasteiger partial charge on any atom is -0.487 e. The summed E-state index contributed by atoms with van der Waals surface area (Å²) < 4.78 is 41.0. The fraction of sp³-hybridized carbons (Fsp3) is 0.558. The number of sulfonamides is 1. The second-order valence-corrected chi connectivity index (χ2v) is 19.2. The van der Waals surface area contributed by atoms with Crippen LogP contribution in [-0.4, -0.2) is 104 Å². The quantitative estimate of drug-likeness (QED) is 0.0235. The topological polar surface area (TPSA) is 295 Å². The third-order valence-corrected chi connectivity index (χ3v) is 11.7. The zero-order valence-corrected chi connectivity index (χ0v) is 38.7. The van der Waals surface area contributed by atoms with Crippen LogP contribution in [0.1, 0.15) is 95.5 Å². The molecule has 0 spiro atoms. The van der Waals surface area contributed by atoms with Gasteiger partial charge >= 0.3 is 5.97 Å². The normalized spacial score (nSPS) is 15.7. The number of carbonyl (C=O) groups is 5. The number of hydrogen-bond donors (Lipinski definition) is 8. The van der Waals surface area contributed by atoms with Gasteiger partial charge in [0.15, 0.2) is 0 Å². The van der Waals surface area contributed by atoms with Crippen molar-refractivity contribution >= 4 is 51.8 Å². The van der Waals surface area contributed by atoms with Gasteiger partial charge in [0, 0.05) is 24.9 Å². The maximum atomic E-state index is 13.9. The van der Waals surface area contributed by atoms with Gasteiger partial charge in [0.2, 0.25) is 29.6 Å². The summed E-state index contributed by atoms with van der Waals surface area (Å²) in [6.07, 6.45) is 1.28. The average Bonchev–Trinajstić information content (AvgIpc) is 3.51. The first-order valence-corrected chi connectivity index (χ1v) is 22.3. The summed E-state index contributed by atoms with van der Waals surface area (Å²) in [4.78, 5) is 70.9. The van der Waals surface area contributed by atoms with E-state index in [9.17, 15) is 32.4 Å². The summed E-state index contributed by atoms with van der Waals surface area (Å²) in [5, 5.41) is 22.2. The van der Waals surface area contributed by atoms with Gasteiger partial charge in [-0.05, 0) is 96.4 Å². The van der Waals surface area contributed by atoms with E-state index in [1.807, 2.05) is 20.8 Å². The molecule has 0 bridgehead atoms. The molecule has 0 aliphatic carbocycles. The zero-order chi connectivity index (χ0) is 47.4. The van der Waals surface area contributed by atoms with Crippen LogP contribution in [0.25, 0.3) is 0 Å². The zero-order valence-electron chi connectivity index (χ0n) is 37.9. The summed E-state index contributed by atoms with van der Waals surface area (Å²) in [5.74, 6) is -3.78. The minimum atomic E-state index is -4.17. The van der Waals surface area contributed by atoms with E-state index in [1.54, 1.807) is 78.8 Å². The van der Waals surface area contributed by atoms with Gasteiger partial charge in [-0.1, -0.05) is 44.2 Å². The first-order chi connectivity index (χ1) is 29.3. The van der Waals surface area contributed by atoms with Crippen LogP contribution >= 0.6 is 0 Å². The molecule has 4 amide bonds. The maximum Gasteiger partial charge on any atom is 0.308 e. The van der Waals surface area contributed by atoms with E-state index in [2.05, 4.69) is 36.1 Å². The van der Waals surface area contributed by atoms with Crippen LogP contribution in [-0.2, 0) is 51.6 Å². The van der Waals surface area contributed by atoms with Gasteiger partial charge in [0.1, 0.15) is 35.1 Å². The summed E-state index contributed by atoms with van der Waals surface area (Å²) in [7, 11) is -4.17. The molecule has 0 aromatic heterocycles. The number of carbonyl (C=O) groups excluding carboxylic acids is 5. The molecule has 0 radical (unpaired) electrons. The Labute approximate surface area is 370 Å². The number of esters is 1. The fourth-order valence-corrected chi connectivity index (χ4v) is 8.51. The van der Waals surface area contributed by atoms with Gasteiger partial charge in [-0.25, -0.2) is 13.1 Å². The Kier molecular flexibility index (Phi) is 18.0. The molecule has 0 saturated carbocycles. The van der Waals surface area contributed by atoms with Gasteiger partial charge in [-0.15, -0.1) is 5.16 Å². The largest absolute Gasteiger partial charge is 0.487 e. The van der Waals surface area contributed by atoms with Crippen LogP contribution in [0, 0.1) is 26.7 Å². The number of oxime groups is 1. The van der Waals surface area contributed by atoms with Crippen molar-refractivity contribution in [2.75, 3.05) is 13.1 Å². The monoisotopic (exact) mass is 899 g/mol. The summed E-state index contributed by atoms with van der Waals surface area (Å²) in [6, 6.07) is 3.86. The number of hydrogen-bond acceptors (Lipinski definition) is 13. The number of guanidine groups is 1. The van der Waals surface area contributed by atoms with Crippen LogP contribution in [0.4, 0.5) is 0 Å². The number of nitrogens with one attached hydrogen (secondary N) is 5. The second-order valence-electron chi connectivity index (χ2n) is 17.5. The smallest absolute Gasteiger partial charge is 0.308 e.